The Kier molecular flexibility index (Phi) is 5.28. The van der Waals surface area contributed by atoms with Crippen molar-refractivity contribution in [3.8, 4) is 23.0 Å². The van der Waals surface area contributed by atoms with Crippen molar-refractivity contribution >= 4 is 18.0 Å². The molecule has 7 nitrogen and oxygen atoms in total. The average molecular weight is 351 g/mol. The maximum atomic E-state index is 12.0. The van der Waals surface area contributed by atoms with Gasteiger partial charge in [-0.15, -0.1) is 5.10 Å². The van der Waals surface area contributed by atoms with Gasteiger partial charge in [-0.25, -0.2) is 0 Å². The second kappa shape index (κ2) is 7.98. The van der Waals surface area contributed by atoms with E-state index in [1.54, 1.807) is 38.5 Å². The van der Waals surface area contributed by atoms with Gasteiger partial charge in [-0.05, 0) is 23.8 Å². The Morgan fingerprint density at radius 1 is 1.04 bits per heavy atom. The zero-order valence-corrected chi connectivity index (χ0v) is 14.3. The number of methoxy groups -OCH3 is 2. The minimum absolute atomic E-state index is 0.00417. The Morgan fingerprint density at radius 2 is 1.73 bits per heavy atom. The standard InChI is InChI=1S/C19H17N3O4/c1-24-15-10-14(11-16(12-15)25-2)18-21-22-19(26-18)20-17(23)9-8-13-6-4-3-5-7-13/h3-12H,1-2H3,(H,20,22,23)/b9-8+. The molecule has 1 heterocycles. The molecule has 0 saturated heterocycles. The third-order valence-corrected chi connectivity index (χ3v) is 3.48. The van der Waals surface area contributed by atoms with E-state index in [2.05, 4.69) is 15.5 Å². The van der Waals surface area contributed by atoms with Crippen LogP contribution in [0, 0.1) is 0 Å². The molecule has 0 aliphatic heterocycles. The second-order valence-electron chi connectivity index (χ2n) is 5.25. The first-order valence-corrected chi connectivity index (χ1v) is 7.79. The summed E-state index contributed by atoms with van der Waals surface area (Å²) in [6, 6.07) is 14.7. The largest absolute Gasteiger partial charge is 0.497 e. The summed E-state index contributed by atoms with van der Waals surface area (Å²) in [6.07, 6.45) is 3.09. The molecule has 3 aromatic rings. The summed E-state index contributed by atoms with van der Waals surface area (Å²) in [6.45, 7) is 0. The lowest BCUT2D eigenvalue weighted by Gasteiger charge is -2.05. The minimum Gasteiger partial charge on any atom is -0.497 e. The second-order valence-corrected chi connectivity index (χ2v) is 5.25. The van der Waals surface area contributed by atoms with E-state index in [1.807, 2.05) is 30.3 Å². The fraction of sp³-hybridized carbons (Fsp3) is 0.105. The number of rotatable bonds is 6. The first kappa shape index (κ1) is 17.2. The van der Waals surface area contributed by atoms with E-state index in [4.69, 9.17) is 13.9 Å². The lowest BCUT2D eigenvalue weighted by Crippen LogP contribution is -2.07. The summed E-state index contributed by atoms with van der Waals surface area (Å²) in [4.78, 5) is 12.0. The van der Waals surface area contributed by atoms with Crippen LogP contribution in [0.1, 0.15) is 5.56 Å². The van der Waals surface area contributed by atoms with E-state index in [0.717, 1.165) is 5.56 Å². The van der Waals surface area contributed by atoms with E-state index in [9.17, 15) is 4.79 Å². The maximum absolute atomic E-state index is 12.0. The van der Waals surface area contributed by atoms with Crippen molar-refractivity contribution in [2.75, 3.05) is 19.5 Å². The first-order chi connectivity index (χ1) is 12.7. The molecule has 0 bridgehead atoms. The van der Waals surface area contributed by atoms with Crippen LogP contribution in [-0.2, 0) is 4.79 Å². The number of nitrogens with one attached hydrogen (secondary N) is 1. The molecule has 0 unspecified atom stereocenters. The van der Waals surface area contributed by atoms with Crippen LogP contribution in [0.3, 0.4) is 0 Å². The van der Waals surface area contributed by atoms with Crippen LogP contribution < -0.4 is 14.8 Å². The van der Waals surface area contributed by atoms with Crippen LogP contribution in [0.5, 0.6) is 11.5 Å². The zero-order chi connectivity index (χ0) is 18.4. The molecule has 3 rings (SSSR count). The first-order valence-electron chi connectivity index (χ1n) is 7.79. The van der Waals surface area contributed by atoms with Crippen molar-refractivity contribution in [3.05, 3.63) is 60.2 Å². The third-order valence-electron chi connectivity index (χ3n) is 3.48. The molecule has 2 aromatic carbocycles. The van der Waals surface area contributed by atoms with Gasteiger partial charge >= 0.3 is 6.01 Å². The van der Waals surface area contributed by atoms with Gasteiger partial charge in [-0.2, -0.15) is 0 Å². The van der Waals surface area contributed by atoms with Gasteiger partial charge in [-0.1, -0.05) is 35.4 Å². The predicted molar refractivity (Wildman–Crippen MR) is 96.9 cm³/mol. The van der Waals surface area contributed by atoms with Gasteiger partial charge in [0, 0.05) is 17.7 Å². The van der Waals surface area contributed by atoms with E-state index in [1.165, 1.54) is 6.08 Å². The summed E-state index contributed by atoms with van der Waals surface area (Å²) in [5.41, 5.74) is 1.53. The van der Waals surface area contributed by atoms with Crippen LogP contribution >= 0.6 is 0 Å². The van der Waals surface area contributed by atoms with Crippen LogP contribution in [0.2, 0.25) is 0 Å². The Hall–Kier alpha value is -3.61. The number of ether oxygens (including phenoxy) is 2. The molecule has 0 aliphatic rings. The van der Waals surface area contributed by atoms with Crippen LogP contribution in [0.15, 0.2) is 59.0 Å². The molecule has 0 fully saturated rings. The Bertz CT molecular complexity index is 897. The molecule has 7 heteroatoms. The van der Waals surface area contributed by atoms with Gasteiger partial charge in [0.25, 0.3) is 5.91 Å². The van der Waals surface area contributed by atoms with Gasteiger partial charge in [0.15, 0.2) is 0 Å². The highest BCUT2D eigenvalue weighted by atomic mass is 16.5. The molecule has 0 spiro atoms. The number of amides is 1. The van der Waals surface area contributed by atoms with Gasteiger partial charge < -0.3 is 13.9 Å². The predicted octanol–water partition coefficient (Wildman–Crippen LogP) is 3.41. The van der Waals surface area contributed by atoms with Crippen molar-refractivity contribution in [1.29, 1.82) is 0 Å². The number of carbonyl (C=O) groups excluding carboxylic acids is 1. The highest BCUT2D eigenvalue weighted by Crippen LogP contribution is 2.29. The normalized spacial score (nSPS) is 10.7. The number of nitrogens with zero attached hydrogens (tertiary/aromatic N) is 2. The number of hydrogen-bond acceptors (Lipinski definition) is 6. The topological polar surface area (TPSA) is 86.5 Å². The monoisotopic (exact) mass is 351 g/mol. The Labute approximate surface area is 150 Å². The van der Waals surface area contributed by atoms with Crippen molar-refractivity contribution in [2.45, 2.75) is 0 Å². The van der Waals surface area contributed by atoms with Gasteiger partial charge in [0.2, 0.25) is 5.89 Å². The molecule has 1 aromatic heterocycles. The number of carbonyl (C=O) groups is 1. The number of hydrogen-bond donors (Lipinski definition) is 1. The van der Waals surface area contributed by atoms with Gasteiger partial charge in [0.1, 0.15) is 11.5 Å². The van der Waals surface area contributed by atoms with Crippen LogP contribution in [0.25, 0.3) is 17.5 Å². The maximum Gasteiger partial charge on any atom is 0.322 e. The van der Waals surface area contributed by atoms with Gasteiger partial charge in [-0.3, -0.25) is 10.1 Å². The van der Waals surface area contributed by atoms with E-state index < -0.39 is 0 Å². The fourth-order valence-electron chi connectivity index (χ4n) is 2.20. The molecule has 1 N–H and O–H groups in total. The third kappa shape index (κ3) is 4.27. The molecule has 132 valence electrons. The molecule has 0 saturated carbocycles. The van der Waals surface area contributed by atoms with Crippen LogP contribution in [-0.4, -0.2) is 30.3 Å². The zero-order valence-electron chi connectivity index (χ0n) is 14.3. The number of benzene rings is 2. The summed E-state index contributed by atoms with van der Waals surface area (Å²) in [5, 5.41) is 10.3. The van der Waals surface area contributed by atoms with E-state index >= 15 is 0 Å². The number of anilines is 1. The highest BCUT2D eigenvalue weighted by molar-refractivity contribution is 6.00. The average Bonchev–Trinajstić information content (AvgIpc) is 3.15. The molecular formula is C19H17N3O4. The Balaban J connectivity index is 1.72. The molecule has 0 radical (unpaired) electrons. The quantitative estimate of drug-likeness (QED) is 0.685. The molecular weight excluding hydrogens is 334 g/mol. The van der Waals surface area contributed by atoms with Gasteiger partial charge in [0.05, 0.1) is 14.2 Å². The number of aromatic nitrogens is 2. The van der Waals surface area contributed by atoms with Crippen molar-refractivity contribution in [2.24, 2.45) is 0 Å². The highest BCUT2D eigenvalue weighted by Gasteiger charge is 2.12. The van der Waals surface area contributed by atoms with E-state index in [0.29, 0.717) is 17.1 Å². The summed E-state index contributed by atoms with van der Waals surface area (Å²) in [7, 11) is 3.11. The molecule has 0 aliphatic carbocycles. The smallest absolute Gasteiger partial charge is 0.322 e. The lowest BCUT2D eigenvalue weighted by molar-refractivity contribution is -0.112. The summed E-state index contributed by atoms with van der Waals surface area (Å²) < 4.78 is 15.9. The Morgan fingerprint density at radius 3 is 2.38 bits per heavy atom. The summed E-state index contributed by atoms with van der Waals surface area (Å²) in [5.74, 6) is 1.06. The minimum atomic E-state index is -0.368. The van der Waals surface area contributed by atoms with Crippen molar-refractivity contribution in [3.63, 3.8) is 0 Å². The van der Waals surface area contributed by atoms with Crippen LogP contribution in [0.4, 0.5) is 6.01 Å². The lowest BCUT2D eigenvalue weighted by atomic mass is 10.2. The molecule has 0 atom stereocenters. The fourth-order valence-corrected chi connectivity index (χ4v) is 2.20. The molecule has 26 heavy (non-hydrogen) atoms. The van der Waals surface area contributed by atoms with Crippen molar-refractivity contribution in [1.82, 2.24) is 10.2 Å². The SMILES string of the molecule is COc1cc(OC)cc(-c2nnc(NC(=O)/C=C/c3ccccc3)o2)c1. The summed E-state index contributed by atoms with van der Waals surface area (Å²) >= 11 is 0. The van der Waals surface area contributed by atoms with E-state index in [-0.39, 0.29) is 17.8 Å². The van der Waals surface area contributed by atoms with Crippen molar-refractivity contribution < 1.29 is 18.7 Å². The molecule has 1 amide bonds.